The van der Waals surface area contributed by atoms with Crippen molar-refractivity contribution in [1.29, 1.82) is 0 Å². The zero-order valence-electron chi connectivity index (χ0n) is 12.4. The molecular weight excluding hydrogens is 264 g/mol. The van der Waals surface area contributed by atoms with Gasteiger partial charge in [-0.3, -0.25) is 20.1 Å². The Balaban J connectivity index is 2.31. The van der Waals surface area contributed by atoms with Crippen molar-refractivity contribution in [1.82, 2.24) is 15.3 Å². The van der Waals surface area contributed by atoms with E-state index in [0.717, 1.165) is 53.8 Å². The molecule has 0 fully saturated rings. The summed E-state index contributed by atoms with van der Waals surface area (Å²) in [6.07, 6.45) is 0.873. The van der Waals surface area contributed by atoms with Crippen LogP contribution in [0.4, 0.5) is 0 Å². The van der Waals surface area contributed by atoms with Crippen molar-refractivity contribution in [3.63, 3.8) is 0 Å². The number of nitrogens with zero attached hydrogens (tertiary/aromatic N) is 2. The van der Waals surface area contributed by atoms with Gasteiger partial charge in [0.2, 0.25) is 0 Å². The molecule has 0 radical (unpaired) electrons. The number of aromatic nitrogens is 1. The zero-order chi connectivity index (χ0) is 15.0. The summed E-state index contributed by atoms with van der Waals surface area (Å²) >= 11 is 0. The lowest BCUT2D eigenvalue weighted by molar-refractivity contribution is 0.0952. The lowest BCUT2D eigenvalue weighted by Crippen LogP contribution is -2.36. The topological polar surface area (TPSA) is 71.2 Å². The Morgan fingerprint density at radius 1 is 1.48 bits per heavy atom. The smallest absolute Gasteiger partial charge is 0.266 e. The van der Waals surface area contributed by atoms with E-state index in [1.54, 1.807) is 0 Å². The minimum Gasteiger partial charge on any atom is -0.299 e. The second-order valence-corrected chi connectivity index (χ2v) is 5.48. The lowest BCUT2D eigenvalue weighted by atomic mass is 9.94. The number of para-hydroxylation sites is 1. The standard InChI is InChI=1S/C16H20N4O/c1-3-20-8-7-13-12(9-20)14(16(21)19-17)11-6-4-5-10(2)15(11)18-13/h4-6H,3,7-9,17H2,1-2H3,(H,19,21). The third kappa shape index (κ3) is 2.28. The van der Waals surface area contributed by atoms with Crippen LogP contribution in [0, 0.1) is 6.92 Å². The van der Waals surface area contributed by atoms with Crippen molar-refractivity contribution in [2.45, 2.75) is 26.8 Å². The van der Waals surface area contributed by atoms with E-state index in [4.69, 9.17) is 10.8 Å². The van der Waals surface area contributed by atoms with Crippen molar-refractivity contribution in [3.05, 3.63) is 40.6 Å². The highest BCUT2D eigenvalue weighted by molar-refractivity contribution is 6.08. The van der Waals surface area contributed by atoms with Gasteiger partial charge in [0.15, 0.2) is 0 Å². The number of pyridine rings is 1. The maximum atomic E-state index is 12.3. The zero-order valence-corrected chi connectivity index (χ0v) is 12.4. The number of hydrogen-bond donors (Lipinski definition) is 2. The Labute approximate surface area is 124 Å². The molecule has 0 bridgehead atoms. The van der Waals surface area contributed by atoms with Gasteiger partial charge in [0.1, 0.15) is 0 Å². The summed E-state index contributed by atoms with van der Waals surface area (Å²) in [4.78, 5) is 19.5. The molecule has 2 heterocycles. The van der Waals surface area contributed by atoms with Crippen LogP contribution in [0.25, 0.3) is 10.9 Å². The van der Waals surface area contributed by atoms with Gasteiger partial charge in [0.25, 0.3) is 5.91 Å². The molecule has 0 saturated carbocycles. The van der Waals surface area contributed by atoms with Crippen LogP contribution >= 0.6 is 0 Å². The molecule has 21 heavy (non-hydrogen) atoms. The number of hydrazine groups is 1. The molecule has 2 aromatic rings. The average Bonchev–Trinajstić information content (AvgIpc) is 2.52. The quantitative estimate of drug-likeness (QED) is 0.498. The molecule has 0 aliphatic carbocycles. The molecule has 0 unspecified atom stereocenters. The predicted octanol–water partition coefficient (Wildman–Crippen LogP) is 1.52. The van der Waals surface area contributed by atoms with Crippen molar-refractivity contribution >= 4 is 16.8 Å². The summed E-state index contributed by atoms with van der Waals surface area (Å²) in [5.41, 5.74) is 7.00. The van der Waals surface area contributed by atoms with Crippen LogP contribution in [0.1, 0.15) is 34.1 Å². The summed E-state index contributed by atoms with van der Waals surface area (Å²) < 4.78 is 0. The molecular formula is C16H20N4O. The molecule has 0 spiro atoms. The Bertz CT molecular complexity index is 711. The molecule has 1 aliphatic heterocycles. The van der Waals surface area contributed by atoms with E-state index < -0.39 is 0 Å². The van der Waals surface area contributed by atoms with Crippen LogP contribution in [0.5, 0.6) is 0 Å². The Morgan fingerprint density at radius 2 is 2.29 bits per heavy atom. The molecule has 5 nitrogen and oxygen atoms in total. The number of fused-ring (bicyclic) bond motifs is 2. The van der Waals surface area contributed by atoms with E-state index in [9.17, 15) is 4.79 Å². The normalized spacial score (nSPS) is 15.0. The largest absolute Gasteiger partial charge is 0.299 e. The number of nitrogen functional groups attached to an aromatic ring is 1. The van der Waals surface area contributed by atoms with Crippen molar-refractivity contribution in [2.75, 3.05) is 13.1 Å². The number of benzene rings is 1. The number of carbonyl (C=O) groups is 1. The average molecular weight is 284 g/mol. The summed E-state index contributed by atoms with van der Waals surface area (Å²) in [6, 6.07) is 5.93. The van der Waals surface area contributed by atoms with Crippen molar-refractivity contribution < 1.29 is 4.79 Å². The highest BCUT2D eigenvalue weighted by atomic mass is 16.2. The number of aryl methyl sites for hydroxylation is 1. The van der Waals surface area contributed by atoms with E-state index in [-0.39, 0.29) is 5.91 Å². The van der Waals surface area contributed by atoms with Gasteiger partial charge in [-0.1, -0.05) is 25.1 Å². The maximum absolute atomic E-state index is 12.3. The van der Waals surface area contributed by atoms with Gasteiger partial charge < -0.3 is 0 Å². The second-order valence-electron chi connectivity index (χ2n) is 5.48. The highest BCUT2D eigenvalue weighted by Gasteiger charge is 2.25. The number of hydrogen-bond acceptors (Lipinski definition) is 4. The third-order valence-electron chi connectivity index (χ3n) is 4.26. The lowest BCUT2D eigenvalue weighted by Gasteiger charge is -2.29. The first-order valence-electron chi connectivity index (χ1n) is 7.30. The molecule has 0 atom stereocenters. The van der Waals surface area contributed by atoms with Gasteiger partial charge in [0, 0.05) is 36.2 Å². The molecule has 110 valence electrons. The SMILES string of the molecule is CCN1CCc2nc3c(C)cccc3c(C(=O)NN)c2C1. The molecule has 1 amide bonds. The molecule has 1 aliphatic rings. The Hall–Kier alpha value is -1.98. The minimum absolute atomic E-state index is 0.234. The fourth-order valence-electron chi connectivity index (χ4n) is 3.06. The maximum Gasteiger partial charge on any atom is 0.266 e. The number of rotatable bonds is 2. The van der Waals surface area contributed by atoms with Crippen LogP contribution in [0.15, 0.2) is 18.2 Å². The summed E-state index contributed by atoms with van der Waals surface area (Å²) in [5.74, 6) is 5.17. The Kier molecular flexibility index (Phi) is 3.61. The molecule has 3 rings (SSSR count). The first-order chi connectivity index (χ1) is 10.2. The third-order valence-corrected chi connectivity index (χ3v) is 4.26. The van der Waals surface area contributed by atoms with Gasteiger partial charge in [-0.05, 0) is 19.0 Å². The number of nitrogens with one attached hydrogen (secondary N) is 1. The fourth-order valence-corrected chi connectivity index (χ4v) is 3.06. The fraction of sp³-hybridized carbons (Fsp3) is 0.375. The second kappa shape index (κ2) is 5.42. The monoisotopic (exact) mass is 284 g/mol. The van der Waals surface area contributed by atoms with Crippen LogP contribution in [0.3, 0.4) is 0 Å². The van der Waals surface area contributed by atoms with Gasteiger partial charge in [-0.2, -0.15) is 0 Å². The Morgan fingerprint density at radius 3 is 3.00 bits per heavy atom. The number of carbonyl (C=O) groups excluding carboxylic acids is 1. The number of nitrogens with two attached hydrogens (primary N) is 1. The van der Waals surface area contributed by atoms with Crippen LogP contribution in [0.2, 0.25) is 0 Å². The van der Waals surface area contributed by atoms with E-state index in [1.807, 2.05) is 25.1 Å². The predicted molar refractivity (Wildman–Crippen MR) is 82.8 cm³/mol. The van der Waals surface area contributed by atoms with Crippen LogP contribution in [-0.2, 0) is 13.0 Å². The summed E-state index contributed by atoms with van der Waals surface area (Å²) in [7, 11) is 0. The number of amides is 1. The summed E-state index contributed by atoms with van der Waals surface area (Å²) in [5, 5.41) is 0.884. The van der Waals surface area contributed by atoms with Crippen molar-refractivity contribution in [3.8, 4) is 0 Å². The minimum atomic E-state index is -0.234. The van der Waals surface area contributed by atoms with Crippen molar-refractivity contribution in [2.24, 2.45) is 5.84 Å². The highest BCUT2D eigenvalue weighted by Crippen LogP contribution is 2.29. The first-order valence-corrected chi connectivity index (χ1v) is 7.30. The molecule has 0 saturated heterocycles. The van der Waals surface area contributed by atoms with E-state index >= 15 is 0 Å². The van der Waals surface area contributed by atoms with Crippen LogP contribution in [-0.4, -0.2) is 28.9 Å². The van der Waals surface area contributed by atoms with Gasteiger partial charge in [0.05, 0.1) is 11.1 Å². The van der Waals surface area contributed by atoms with Gasteiger partial charge in [-0.15, -0.1) is 0 Å². The molecule has 1 aromatic heterocycles. The molecule has 3 N–H and O–H groups in total. The van der Waals surface area contributed by atoms with E-state index in [1.165, 1.54) is 0 Å². The van der Waals surface area contributed by atoms with Crippen LogP contribution < -0.4 is 11.3 Å². The van der Waals surface area contributed by atoms with E-state index in [2.05, 4.69) is 17.2 Å². The molecule has 5 heteroatoms. The summed E-state index contributed by atoms with van der Waals surface area (Å²) in [6.45, 7) is 6.86. The first kappa shape index (κ1) is 14.0. The van der Waals surface area contributed by atoms with Gasteiger partial charge >= 0.3 is 0 Å². The van der Waals surface area contributed by atoms with E-state index in [0.29, 0.717) is 5.56 Å². The molecule has 1 aromatic carbocycles. The number of likely N-dealkylation sites (N-methyl/N-ethyl adjacent to an activating group) is 1. The van der Waals surface area contributed by atoms with Gasteiger partial charge in [-0.25, -0.2) is 5.84 Å².